The van der Waals surface area contributed by atoms with E-state index < -0.39 is 0 Å². The number of hydrazone groups is 1. The lowest BCUT2D eigenvalue weighted by atomic mass is 10.1. The van der Waals surface area contributed by atoms with Gasteiger partial charge in [-0.15, -0.1) is 0 Å². The average molecular weight is 549 g/mol. The molecular formula is C24H22ClIN2O3. The van der Waals surface area contributed by atoms with Crippen molar-refractivity contribution in [2.45, 2.75) is 20.5 Å². The molecule has 3 rings (SSSR count). The molecule has 0 radical (unpaired) electrons. The minimum Gasteiger partial charge on any atom is -0.490 e. The lowest BCUT2D eigenvalue weighted by Gasteiger charge is -2.15. The van der Waals surface area contributed by atoms with Crippen LogP contribution in [0.25, 0.3) is 0 Å². The highest BCUT2D eigenvalue weighted by Gasteiger charge is 2.12. The van der Waals surface area contributed by atoms with Gasteiger partial charge in [0, 0.05) is 10.6 Å². The van der Waals surface area contributed by atoms with Gasteiger partial charge in [-0.3, -0.25) is 4.79 Å². The molecular weight excluding hydrogens is 527 g/mol. The fraction of sp³-hybridized carbons (Fsp3) is 0.167. The number of halogens is 2. The summed E-state index contributed by atoms with van der Waals surface area (Å²) in [6.07, 6.45) is 1.59. The minimum absolute atomic E-state index is 0.253. The Kier molecular flexibility index (Phi) is 8.31. The SMILES string of the molecule is CCOc1cc(/C=N\NC(=O)c2ccccc2C)cc(I)c1OCc1ccc(Cl)cc1. The molecule has 5 nitrogen and oxygen atoms in total. The molecule has 1 N–H and O–H groups in total. The summed E-state index contributed by atoms with van der Waals surface area (Å²) in [5, 5.41) is 4.78. The molecule has 31 heavy (non-hydrogen) atoms. The zero-order chi connectivity index (χ0) is 22.2. The van der Waals surface area contributed by atoms with E-state index in [2.05, 4.69) is 33.1 Å². The lowest BCUT2D eigenvalue weighted by molar-refractivity contribution is 0.0954. The highest BCUT2D eigenvalue weighted by atomic mass is 127. The molecule has 7 heteroatoms. The Morgan fingerprint density at radius 1 is 1.13 bits per heavy atom. The van der Waals surface area contributed by atoms with Gasteiger partial charge < -0.3 is 9.47 Å². The maximum absolute atomic E-state index is 12.3. The van der Waals surface area contributed by atoms with E-state index in [9.17, 15) is 4.79 Å². The summed E-state index contributed by atoms with van der Waals surface area (Å²) < 4.78 is 12.7. The molecule has 0 saturated heterocycles. The molecule has 160 valence electrons. The summed E-state index contributed by atoms with van der Waals surface area (Å²) in [5.74, 6) is 1.03. The summed E-state index contributed by atoms with van der Waals surface area (Å²) in [6.45, 7) is 4.70. The number of nitrogens with zero attached hydrogens (tertiary/aromatic N) is 1. The summed E-state index contributed by atoms with van der Waals surface area (Å²) in [6, 6.07) is 18.6. The van der Waals surface area contributed by atoms with Crippen LogP contribution < -0.4 is 14.9 Å². The first-order chi connectivity index (χ1) is 15.0. The second kappa shape index (κ2) is 11.2. The summed E-state index contributed by atoms with van der Waals surface area (Å²) in [4.78, 5) is 12.3. The van der Waals surface area contributed by atoms with Gasteiger partial charge in [-0.2, -0.15) is 5.10 Å². The van der Waals surface area contributed by atoms with Crippen LogP contribution in [0.2, 0.25) is 5.02 Å². The van der Waals surface area contributed by atoms with Gasteiger partial charge >= 0.3 is 0 Å². The van der Waals surface area contributed by atoms with E-state index in [1.807, 2.05) is 68.4 Å². The van der Waals surface area contributed by atoms with Crippen LogP contribution in [-0.4, -0.2) is 18.7 Å². The zero-order valence-corrected chi connectivity index (χ0v) is 20.1. The number of aryl methyl sites for hydroxylation is 1. The summed E-state index contributed by atoms with van der Waals surface area (Å²) in [7, 11) is 0. The highest BCUT2D eigenvalue weighted by Crippen LogP contribution is 2.34. The Balaban J connectivity index is 1.73. The number of carbonyl (C=O) groups excluding carboxylic acids is 1. The fourth-order valence-electron chi connectivity index (χ4n) is 2.85. The van der Waals surface area contributed by atoms with Crippen LogP contribution >= 0.6 is 34.2 Å². The predicted molar refractivity (Wildman–Crippen MR) is 132 cm³/mol. The molecule has 0 heterocycles. The number of nitrogens with one attached hydrogen (secondary N) is 1. The van der Waals surface area contributed by atoms with Gasteiger partial charge in [0.25, 0.3) is 5.91 Å². The average Bonchev–Trinajstić information content (AvgIpc) is 2.75. The number of hydrogen-bond donors (Lipinski definition) is 1. The van der Waals surface area contributed by atoms with E-state index in [0.717, 1.165) is 20.3 Å². The van der Waals surface area contributed by atoms with Crippen LogP contribution in [0.15, 0.2) is 65.8 Å². The molecule has 0 fully saturated rings. The Hall–Kier alpha value is -2.58. The molecule has 0 aliphatic rings. The van der Waals surface area contributed by atoms with Crippen LogP contribution in [0.4, 0.5) is 0 Å². The zero-order valence-electron chi connectivity index (χ0n) is 17.2. The van der Waals surface area contributed by atoms with Crippen molar-refractivity contribution >= 4 is 46.3 Å². The molecule has 0 bridgehead atoms. The van der Waals surface area contributed by atoms with Crippen molar-refractivity contribution in [2.75, 3.05) is 6.61 Å². The van der Waals surface area contributed by atoms with E-state index >= 15 is 0 Å². The lowest BCUT2D eigenvalue weighted by Crippen LogP contribution is -2.18. The third-order valence-corrected chi connectivity index (χ3v) is 5.45. The van der Waals surface area contributed by atoms with E-state index in [4.69, 9.17) is 21.1 Å². The summed E-state index contributed by atoms with van der Waals surface area (Å²) >= 11 is 8.14. The van der Waals surface area contributed by atoms with Crippen LogP contribution in [0.5, 0.6) is 11.5 Å². The van der Waals surface area contributed by atoms with E-state index in [1.54, 1.807) is 12.3 Å². The third-order valence-electron chi connectivity index (χ3n) is 4.40. The van der Waals surface area contributed by atoms with Crippen molar-refractivity contribution in [3.05, 3.63) is 91.5 Å². The molecule has 3 aromatic rings. The molecule has 0 atom stereocenters. The van der Waals surface area contributed by atoms with Gasteiger partial charge in [-0.05, 0) is 83.5 Å². The smallest absolute Gasteiger partial charge is 0.271 e. The van der Waals surface area contributed by atoms with Gasteiger partial charge in [0.1, 0.15) is 6.61 Å². The Labute approximate surface area is 200 Å². The van der Waals surface area contributed by atoms with Crippen LogP contribution in [0.3, 0.4) is 0 Å². The maximum atomic E-state index is 12.3. The van der Waals surface area contributed by atoms with Crippen molar-refractivity contribution in [3.63, 3.8) is 0 Å². The molecule has 1 amide bonds. The van der Waals surface area contributed by atoms with Crippen LogP contribution in [-0.2, 0) is 6.61 Å². The monoisotopic (exact) mass is 548 g/mol. The topological polar surface area (TPSA) is 59.9 Å². The number of benzene rings is 3. The number of hydrogen-bond acceptors (Lipinski definition) is 4. The molecule has 0 aromatic heterocycles. The van der Waals surface area contributed by atoms with Gasteiger partial charge in [0.15, 0.2) is 11.5 Å². The van der Waals surface area contributed by atoms with Gasteiger partial charge in [-0.1, -0.05) is 41.9 Å². The van der Waals surface area contributed by atoms with Crippen molar-refractivity contribution in [1.82, 2.24) is 5.43 Å². The standard InChI is InChI=1S/C24H22ClIN2O3/c1-3-30-22-13-18(14-27-28-24(29)20-7-5-4-6-16(20)2)12-21(26)23(22)31-15-17-8-10-19(25)11-9-17/h4-14H,3,15H2,1-2H3,(H,28,29)/b27-14-. The molecule has 0 saturated carbocycles. The van der Waals surface area contributed by atoms with Crippen molar-refractivity contribution in [1.29, 1.82) is 0 Å². The second-order valence-corrected chi connectivity index (χ2v) is 8.29. The molecule has 0 spiro atoms. The number of ether oxygens (including phenoxy) is 2. The second-order valence-electron chi connectivity index (χ2n) is 6.69. The molecule has 0 aliphatic carbocycles. The third kappa shape index (κ3) is 6.45. The normalized spacial score (nSPS) is 10.8. The van der Waals surface area contributed by atoms with Gasteiger partial charge in [-0.25, -0.2) is 5.43 Å². The largest absolute Gasteiger partial charge is 0.490 e. The first kappa shape index (κ1) is 23.1. The first-order valence-electron chi connectivity index (χ1n) is 9.70. The Morgan fingerprint density at radius 2 is 1.87 bits per heavy atom. The van der Waals surface area contributed by atoms with E-state index in [-0.39, 0.29) is 5.91 Å². The summed E-state index contributed by atoms with van der Waals surface area (Å²) in [5.41, 5.74) is 5.85. The molecule has 0 unspecified atom stereocenters. The fourth-order valence-corrected chi connectivity index (χ4v) is 3.76. The predicted octanol–water partition coefficient (Wildman–Crippen LogP) is 5.99. The number of carbonyl (C=O) groups is 1. The first-order valence-corrected chi connectivity index (χ1v) is 11.2. The highest BCUT2D eigenvalue weighted by molar-refractivity contribution is 14.1. The maximum Gasteiger partial charge on any atom is 0.271 e. The van der Waals surface area contributed by atoms with Gasteiger partial charge in [0.05, 0.1) is 16.4 Å². The molecule has 3 aromatic carbocycles. The minimum atomic E-state index is -0.253. The number of rotatable bonds is 8. The molecule has 0 aliphatic heterocycles. The van der Waals surface area contributed by atoms with Crippen LogP contribution in [0, 0.1) is 10.5 Å². The Morgan fingerprint density at radius 3 is 2.58 bits per heavy atom. The van der Waals surface area contributed by atoms with Crippen LogP contribution in [0.1, 0.15) is 34.0 Å². The number of amides is 1. The van der Waals surface area contributed by atoms with E-state index in [1.165, 1.54) is 0 Å². The van der Waals surface area contributed by atoms with Crippen molar-refractivity contribution in [2.24, 2.45) is 5.10 Å². The quantitative estimate of drug-likeness (QED) is 0.214. The van der Waals surface area contributed by atoms with Gasteiger partial charge in [0.2, 0.25) is 0 Å². The Bertz CT molecular complexity index is 1080. The van der Waals surface area contributed by atoms with Crippen molar-refractivity contribution < 1.29 is 14.3 Å². The van der Waals surface area contributed by atoms with E-state index in [0.29, 0.717) is 35.3 Å². The van der Waals surface area contributed by atoms with Crippen molar-refractivity contribution in [3.8, 4) is 11.5 Å².